The van der Waals surface area contributed by atoms with Crippen molar-refractivity contribution < 1.29 is 22.7 Å². The van der Waals surface area contributed by atoms with Crippen LogP contribution in [0.2, 0.25) is 0 Å². The number of piperazine rings is 1. The van der Waals surface area contributed by atoms with Crippen LogP contribution in [0, 0.1) is 0 Å². The third kappa shape index (κ3) is 3.74. The van der Waals surface area contributed by atoms with Crippen molar-refractivity contribution in [2.45, 2.75) is 23.8 Å². The molecule has 2 heterocycles. The first kappa shape index (κ1) is 18.8. The van der Waals surface area contributed by atoms with Gasteiger partial charge in [0.1, 0.15) is 0 Å². The highest BCUT2D eigenvalue weighted by molar-refractivity contribution is 7.89. The van der Waals surface area contributed by atoms with Gasteiger partial charge in [-0.05, 0) is 37.1 Å². The Labute approximate surface area is 153 Å². The molecular weight excluding hydrogens is 358 g/mol. The number of hydrogen-bond donors (Lipinski definition) is 1. The minimum absolute atomic E-state index is 0.0166. The summed E-state index contributed by atoms with van der Waals surface area (Å²) < 4.78 is 31.9. The highest BCUT2D eigenvalue weighted by Crippen LogP contribution is 2.24. The van der Waals surface area contributed by atoms with Crippen molar-refractivity contribution in [3.05, 3.63) is 29.8 Å². The van der Waals surface area contributed by atoms with E-state index in [1.54, 1.807) is 4.90 Å². The highest BCUT2D eigenvalue weighted by atomic mass is 32.2. The normalized spacial score (nSPS) is 22.3. The number of amides is 1. The van der Waals surface area contributed by atoms with E-state index in [1.807, 2.05) is 0 Å². The van der Waals surface area contributed by atoms with Gasteiger partial charge >= 0.3 is 5.97 Å². The van der Waals surface area contributed by atoms with E-state index in [1.165, 1.54) is 35.7 Å². The van der Waals surface area contributed by atoms with Crippen LogP contribution in [0.4, 0.5) is 0 Å². The van der Waals surface area contributed by atoms with E-state index in [4.69, 9.17) is 0 Å². The molecule has 2 saturated heterocycles. The number of nitrogens with one attached hydrogen (secondary N) is 1. The van der Waals surface area contributed by atoms with Crippen molar-refractivity contribution >= 4 is 21.9 Å². The SMILES string of the molecule is COC(=O)c1ccc(S(=O)(=O)N2CCCC(N3CCNCC3=O)C2)cc1. The Hall–Kier alpha value is -1.97. The number of rotatable bonds is 4. The van der Waals surface area contributed by atoms with Gasteiger partial charge in [0.15, 0.2) is 0 Å². The van der Waals surface area contributed by atoms with E-state index < -0.39 is 16.0 Å². The van der Waals surface area contributed by atoms with Crippen molar-refractivity contribution in [2.24, 2.45) is 0 Å². The minimum atomic E-state index is -3.67. The number of nitrogens with zero attached hydrogens (tertiary/aromatic N) is 2. The summed E-state index contributed by atoms with van der Waals surface area (Å²) in [5.41, 5.74) is 0.300. The maximum absolute atomic E-state index is 12.9. The van der Waals surface area contributed by atoms with Crippen molar-refractivity contribution in [1.82, 2.24) is 14.5 Å². The number of esters is 1. The summed E-state index contributed by atoms with van der Waals surface area (Å²) in [5, 5.41) is 3.03. The lowest BCUT2D eigenvalue weighted by atomic mass is 10.1. The monoisotopic (exact) mass is 381 g/mol. The van der Waals surface area contributed by atoms with Crippen LogP contribution >= 0.6 is 0 Å². The lowest BCUT2D eigenvalue weighted by Gasteiger charge is -2.40. The molecule has 2 aliphatic rings. The summed E-state index contributed by atoms with van der Waals surface area (Å²) in [7, 11) is -2.40. The molecule has 142 valence electrons. The first-order valence-corrected chi connectivity index (χ1v) is 10.1. The molecule has 0 aromatic heterocycles. The van der Waals surface area contributed by atoms with Crippen LogP contribution in [-0.4, -0.2) is 75.4 Å². The van der Waals surface area contributed by atoms with Gasteiger partial charge in [0.2, 0.25) is 15.9 Å². The Morgan fingerprint density at radius 2 is 1.96 bits per heavy atom. The first-order valence-electron chi connectivity index (χ1n) is 8.62. The molecule has 1 unspecified atom stereocenters. The summed E-state index contributed by atoms with van der Waals surface area (Å²) in [5.74, 6) is -0.493. The minimum Gasteiger partial charge on any atom is -0.465 e. The van der Waals surface area contributed by atoms with Crippen LogP contribution < -0.4 is 5.32 Å². The zero-order valence-electron chi connectivity index (χ0n) is 14.7. The van der Waals surface area contributed by atoms with Crippen LogP contribution in [0.25, 0.3) is 0 Å². The second-order valence-electron chi connectivity index (χ2n) is 6.44. The third-order valence-electron chi connectivity index (χ3n) is 4.84. The van der Waals surface area contributed by atoms with Crippen LogP contribution in [0.1, 0.15) is 23.2 Å². The number of piperidine rings is 1. The van der Waals surface area contributed by atoms with Gasteiger partial charge in [-0.25, -0.2) is 13.2 Å². The molecule has 8 nitrogen and oxygen atoms in total. The Balaban J connectivity index is 1.76. The van der Waals surface area contributed by atoms with Crippen molar-refractivity contribution in [1.29, 1.82) is 0 Å². The van der Waals surface area contributed by atoms with Crippen molar-refractivity contribution in [3.8, 4) is 0 Å². The number of benzene rings is 1. The number of hydrogen-bond acceptors (Lipinski definition) is 6. The summed E-state index contributed by atoms with van der Waals surface area (Å²) >= 11 is 0. The Morgan fingerprint density at radius 1 is 1.23 bits per heavy atom. The van der Waals surface area contributed by atoms with E-state index in [-0.39, 0.29) is 16.8 Å². The maximum Gasteiger partial charge on any atom is 0.337 e. The molecule has 0 bridgehead atoms. The molecule has 1 amide bonds. The molecule has 1 N–H and O–H groups in total. The molecule has 3 rings (SSSR count). The number of carbonyl (C=O) groups excluding carboxylic acids is 2. The predicted molar refractivity (Wildman–Crippen MR) is 94.1 cm³/mol. The molecule has 26 heavy (non-hydrogen) atoms. The fraction of sp³-hybridized carbons (Fsp3) is 0.529. The van der Waals surface area contributed by atoms with Crippen LogP contribution in [0.5, 0.6) is 0 Å². The fourth-order valence-corrected chi connectivity index (χ4v) is 4.95. The van der Waals surface area contributed by atoms with Gasteiger partial charge in [-0.15, -0.1) is 0 Å². The molecule has 1 atom stereocenters. The van der Waals surface area contributed by atoms with E-state index in [0.29, 0.717) is 38.2 Å². The maximum atomic E-state index is 12.9. The molecule has 0 aliphatic carbocycles. The van der Waals surface area contributed by atoms with E-state index in [2.05, 4.69) is 10.1 Å². The molecule has 1 aromatic rings. The van der Waals surface area contributed by atoms with Crippen LogP contribution in [-0.2, 0) is 19.6 Å². The fourth-order valence-electron chi connectivity index (χ4n) is 3.43. The van der Waals surface area contributed by atoms with Crippen LogP contribution in [0.15, 0.2) is 29.2 Å². The molecule has 0 spiro atoms. The largest absolute Gasteiger partial charge is 0.465 e. The summed E-state index contributed by atoms with van der Waals surface area (Å²) in [6.45, 7) is 2.36. The van der Waals surface area contributed by atoms with Gasteiger partial charge in [0.05, 0.1) is 24.1 Å². The molecule has 1 aromatic carbocycles. The number of methoxy groups -OCH3 is 1. The van der Waals surface area contributed by atoms with E-state index in [0.717, 1.165) is 13.0 Å². The Morgan fingerprint density at radius 3 is 2.62 bits per heavy atom. The van der Waals surface area contributed by atoms with Gasteiger partial charge < -0.3 is 15.0 Å². The van der Waals surface area contributed by atoms with Crippen molar-refractivity contribution in [3.63, 3.8) is 0 Å². The molecule has 0 saturated carbocycles. The van der Waals surface area contributed by atoms with Gasteiger partial charge in [-0.1, -0.05) is 0 Å². The summed E-state index contributed by atoms with van der Waals surface area (Å²) in [6.07, 6.45) is 1.51. The topological polar surface area (TPSA) is 96.0 Å². The standard InChI is InChI=1S/C17H23N3O5S/c1-25-17(22)13-4-6-15(7-5-13)26(23,24)19-9-2-3-14(12-19)20-10-8-18-11-16(20)21/h4-7,14,18H,2-3,8-12H2,1H3. The zero-order chi connectivity index (χ0) is 18.7. The Bertz CT molecular complexity index is 778. The van der Waals surface area contributed by atoms with Gasteiger partial charge in [0, 0.05) is 32.2 Å². The van der Waals surface area contributed by atoms with E-state index >= 15 is 0 Å². The summed E-state index contributed by atoms with van der Waals surface area (Å²) in [6, 6.07) is 5.63. The van der Waals surface area contributed by atoms with Gasteiger partial charge in [-0.3, -0.25) is 4.79 Å². The second-order valence-corrected chi connectivity index (χ2v) is 8.38. The average Bonchev–Trinajstić information content (AvgIpc) is 2.68. The van der Waals surface area contributed by atoms with E-state index in [9.17, 15) is 18.0 Å². The summed E-state index contributed by atoms with van der Waals surface area (Å²) in [4.78, 5) is 25.5. The lowest BCUT2D eigenvalue weighted by molar-refractivity contribution is -0.135. The highest BCUT2D eigenvalue weighted by Gasteiger charge is 2.35. The number of carbonyl (C=O) groups is 2. The molecular formula is C17H23N3O5S. The average molecular weight is 381 g/mol. The number of ether oxygens (including phenoxy) is 1. The molecule has 2 fully saturated rings. The molecule has 9 heteroatoms. The second kappa shape index (κ2) is 7.73. The number of sulfonamides is 1. The zero-order valence-corrected chi connectivity index (χ0v) is 15.5. The third-order valence-corrected chi connectivity index (χ3v) is 6.72. The Kier molecular flexibility index (Phi) is 5.59. The first-order chi connectivity index (χ1) is 12.4. The smallest absolute Gasteiger partial charge is 0.337 e. The van der Waals surface area contributed by atoms with Gasteiger partial charge in [0.25, 0.3) is 0 Å². The quantitative estimate of drug-likeness (QED) is 0.741. The molecule has 0 radical (unpaired) electrons. The van der Waals surface area contributed by atoms with Crippen LogP contribution in [0.3, 0.4) is 0 Å². The van der Waals surface area contributed by atoms with Gasteiger partial charge in [-0.2, -0.15) is 4.31 Å². The predicted octanol–water partition coefficient (Wildman–Crippen LogP) is 0.0581. The lowest BCUT2D eigenvalue weighted by Crippen LogP contribution is -2.57. The molecule has 2 aliphatic heterocycles. The van der Waals surface area contributed by atoms with Crippen molar-refractivity contribution in [2.75, 3.05) is 39.8 Å².